The predicted octanol–water partition coefficient (Wildman–Crippen LogP) is 16.3. The topological polar surface area (TPSA) is 16.4 Å². The number of nitrogens with zero attached hydrogens (tertiary/aromatic N) is 1. The van der Waals surface area contributed by atoms with Crippen LogP contribution in [0, 0.1) is 0 Å². The van der Waals surface area contributed by atoms with Crippen molar-refractivity contribution in [1.29, 1.82) is 0 Å². The fraction of sp³-hybridized carbons (Fsp3) is 0. The molecular weight excluding hydrogens is 719 g/mol. The Hall–Kier alpha value is -6.72. The van der Waals surface area contributed by atoms with E-state index in [1.807, 2.05) is 22.7 Å². The van der Waals surface area contributed by atoms with Gasteiger partial charge in [0.1, 0.15) is 11.2 Å². The highest BCUT2D eigenvalue weighted by atomic mass is 32.1. The minimum atomic E-state index is 0.905. The molecule has 0 saturated carbocycles. The highest BCUT2D eigenvalue weighted by molar-refractivity contribution is 7.26. The van der Waals surface area contributed by atoms with Gasteiger partial charge in [0.05, 0.1) is 0 Å². The van der Waals surface area contributed by atoms with Gasteiger partial charge < -0.3 is 9.32 Å². The van der Waals surface area contributed by atoms with Crippen LogP contribution in [0.5, 0.6) is 0 Å². The zero-order valence-corrected chi connectivity index (χ0v) is 31.7. The van der Waals surface area contributed by atoms with Gasteiger partial charge in [0.25, 0.3) is 0 Å². The molecule has 262 valence electrons. The maximum Gasteiger partial charge on any atom is 0.143 e. The van der Waals surface area contributed by atoms with Crippen LogP contribution in [-0.2, 0) is 0 Å². The lowest BCUT2D eigenvalue weighted by Crippen LogP contribution is -2.09. The average molecular weight is 750 g/mol. The van der Waals surface area contributed by atoms with E-state index in [-0.39, 0.29) is 0 Å². The fourth-order valence-electron chi connectivity index (χ4n) is 8.65. The molecule has 4 heteroatoms. The number of benzene rings is 9. The third kappa shape index (κ3) is 4.86. The molecule has 0 aliphatic carbocycles. The summed E-state index contributed by atoms with van der Waals surface area (Å²) in [6.45, 7) is 0. The Bertz CT molecular complexity index is 3480. The lowest BCUT2D eigenvalue weighted by molar-refractivity contribution is 0.673. The van der Waals surface area contributed by atoms with Crippen LogP contribution in [0.2, 0.25) is 0 Å². The van der Waals surface area contributed by atoms with E-state index in [1.54, 1.807) is 0 Å². The van der Waals surface area contributed by atoms with Crippen molar-refractivity contribution in [2.75, 3.05) is 4.90 Å². The van der Waals surface area contributed by atoms with Crippen molar-refractivity contribution in [3.63, 3.8) is 0 Å². The first-order valence-corrected chi connectivity index (χ1v) is 20.5. The van der Waals surface area contributed by atoms with Crippen LogP contribution in [0.1, 0.15) is 0 Å². The number of hydrogen-bond acceptors (Lipinski definition) is 4. The van der Waals surface area contributed by atoms with Crippen molar-refractivity contribution in [3.8, 4) is 22.3 Å². The summed E-state index contributed by atoms with van der Waals surface area (Å²) in [6.07, 6.45) is 0. The van der Waals surface area contributed by atoms with Crippen LogP contribution in [-0.4, -0.2) is 0 Å². The summed E-state index contributed by atoms with van der Waals surface area (Å²) in [4.78, 5) is 2.39. The number of furan rings is 1. The standard InChI is InChI=1S/C52H31NOS2/c1-2-10-39-32(9-1)23-29-44-50-38(13-8-16-46(50)54-51(39)44)33-19-24-35(25-20-33)53(37-28-30-49-45(31-37)42-12-4-5-17-47(42)55-49)36-26-21-34(22-27-36)40-14-7-15-43-41-11-3-6-18-48(41)56-52(40)43/h1-31H. The second-order valence-electron chi connectivity index (χ2n) is 14.4. The molecule has 3 heterocycles. The van der Waals surface area contributed by atoms with Gasteiger partial charge in [0, 0.05) is 73.6 Å². The molecule has 0 spiro atoms. The van der Waals surface area contributed by atoms with E-state index in [0.717, 1.165) is 50.0 Å². The Labute approximate surface area is 330 Å². The van der Waals surface area contributed by atoms with E-state index in [0.29, 0.717) is 0 Å². The summed E-state index contributed by atoms with van der Waals surface area (Å²) in [5, 5.41) is 9.83. The van der Waals surface area contributed by atoms with E-state index in [2.05, 4.69) is 193 Å². The van der Waals surface area contributed by atoms with Gasteiger partial charge in [-0.15, -0.1) is 22.7 Å². The van der Waals surface area contributed by atoms with Crippen LogP contribution in [0.15, 0.2) is 192 Å². The van der Waals surface area contributed by atoms with Crippen LogP contribution in [0.3, 0.4) is 0 Å². The molecule has 9 aromatic carbocycles. The van der Waals surface area contributed by atoms with Crippen molar-refractivity contribution in [3.05, 3.63) is 188 Å². The smallest absolute Gasteiger partial charge is 0.143 e. The highest BCUT2D eigenvalue weighted by Gasteiger charge is 2.18. The van der Waals surface area contributed by atoms with Crippen molar-refractivity contribution in [1.82, 2.24) is 0 Å². The molecule has 0 unspecified atom stereocenters. The molecule has 2 nitrogen and oxygen atoms in total. The predicted molar refractivity (Wildman–Crippen MR) is 243 cm³/mol. The van der Waals surface area contributed by atoms with E-state index >= 15 is 0 Å². The second-order valence-corrected chi connectivity index (χ2v) is 16.6. The third-order valence-corrected chi connectivity index (χ3v) is 13.7. The van der Waals surface area contributed by atoms with Gasteiger partial charge in [0.2, 0.25) is 0 Å². The van der Waals surface area contributed by atoms with E-state index < -0.39 is 0 Å². The molecule has 0 atom stereocenters. The summed E-state index contributed by atoms with van der Waals surface area (Å²) in [5.41, 5.74) is 9.99. The molecule has 0 bridgehead atoms. The van der Waals surface area contributed by atoms with Crippen LogP contribution in [0.25, 0.3) is 95.3 Å². The Kier molecular flexibility index (Phi) is 7.00. The molecule has 56 heavy (non-hydrogen) atoms. The zero-order valence-electron chi connectivity index (χ0n) is 30.1. The number of anilines is 3. The molecule has 12 rings (SSSR count). The molecule has 0 aliphatic heterocycles. The number of thiophene rings is 2. The molecule has 0 radical (unpaired) electrons. The van der Waals surface area contributed by atoms with Gasteiger partial charge in [-0.25, -0.2) is 0 Å². The summed E-state index contributed by atoms with van der Waals surface area (Å²) in [5.74, 6) is 0. The van der Waals surface area contributed by atoms with Gasteiger partial charge in [0.15, 0.2) is 0 Å². The minimum Gasteiger partial charge on any atom is -0.455 e. The molecule has 3 aromatic heterocycles. The molecule has 0 aliphatic rings. The quantitative estimate of drug-likeness (QED) is 0.174. The number of hydrogen-bond donors (Lipinski definition) is 0. The van der Waals surface area contributed by atoms with Crippen molar-refractivity contribution in [2.45, 2.75) is 0 Å². The fourth-order valence-corrected chi connectivity index (χ4v) is 11.0. The lowest BCUT2D eigenvalue weighted by Gasteiger charge is -2.26. The van der Waals surface area contributed by atoms with Gasteiger partial charge in [-0.2, -0.15) is 0 Å². The molecule has 12 aromatic rings. The summed E-state index contributed by atoms with van der Waals surface area (Å²) < 4.78 is 11.8. The Morgan fingerprint density at radius 1 is 0.375 bits per heavy atom. The first-order chi connectivity index (χ1) is 27.7. The van der Waals surface area contributed by atoms with Gasteiger partial charge >= 0.3 is 0 Å². The monoisotopic (exact) mass is 749 g/mol. The number of rotatable bonds is 5. The maximum atomic E-state index is 6.54. The molecule has 0 amide bonds. The van der Waals surface area contributed by atoms with E-state index in [9.17, 15) is 0 Å². The summed E-state index contributed by atoms with van der Waals surface area (Å²) >= 11 is 3.73. The Morgan fingerprint density at radius 3 is 1.75 bits per heavy atom. The van der Waals surface area contributed by atoms with Crippen LogP contribution in [0.4, 0.5) is 17.1 Å². The molecule has 0 N–H and O–H groups in total. The third-order valence-electron chi connectivity index (χ3n) is 11.3. The largest absolute Gasteiger partial charge is 0.455 e. The minimum absolute atomic E-state index is 0.905. The normalized spacial score (nSPS) is 11.9. The highest BCUT2D eigenvalue weighted by Crippen LogP contribution is 2.45. The summed E-state index contributed by atoms with van der Waals surface area (Å²) in [7, 11) is 0. The van der Waals surface area contributed by atoms with Gasteiger partial charge in [-0.05, 0) is 94.4 Å². The molecule has 0 saturated heterocycles. The van der Waals surface area contributed by atoms with Gasteiger partial charge in [-0.3, -0.25) is 0 Å². The van der Waals surface area contributed by atoms with Crippen LogP contribution >= 0.6 is 22.7 Å². The Balaban J connectivity index is 0.991. The summed E-state index contributed by atoms with van der Waals surface area (Å²) in [6, 6.07) is 68.4. The van der Waals surface area contributed by atoms with E-state index in [1.165, 1.54) is 62.4 Å². The first kappa shape index (κ1) is 31.6. The lowest BCUT2D eigenvalue weighted by atomic mass is 9.98. The Morgan fingerprint density at radius 2 is 0.964 bits per heavy atom. The average Bonchev–Trinajstić information content (AvgIpc) is 3.96. The van der Waals surface area contributed by atoms with Crippen molar-refractivity contribution >= 4 is 113 Å². The number of fused-ring (bicyclic) bond motifs is 11. The van der Waals surface area contributed by atoms with Gasteiger partial charge in [-0.1, -0.05) is 121 Å². The van der Waals surface area contributed by atoms with Crippen molar-refractivity contribution < 1.29 is 4.42 Å². The maximum absolute atomic E-state index is 6.54. The second kappa shape index (κ2) is 12.4. The van der Waals surface area contributed by atoms with E-state index in [4.69, 9.17) is 4.42 Å². The van der Waals surface area contributed by atoms with Crippen molar-refractivity contribution in [2.24, 2.45) is 0 Å². The van der Waals surface area contributed by atoms with Crippen LogP contribution < -0.4 is 4.90 Å². The zero-order chi connectivity index (χ0) is 36.7. The first-order valence-electron chi connectivity index (χ1n) is 18.9. The SMILES string of the molecule is c1ccc2c(c1)ccc1c2oc2cccc(-c3ccc(N(c4ccc(-c5cccc6c5sc5ccccc56)cc4)c4ccc5sc6ccccc6c5c4)cc3)c21. The molecule has 0 fully saturated rings. The molecular formula is C52H31NOS2.